The zero-order valence-corrected chi connectivity index (χ0v) is 12.4. The average molecular weight is 297 g/mol. The van der Waals surface area contributed by atoms with Crippen LogP contribution in [0.1, 0.15) is 30.6 Å². The molecular formula is C18H19NO3. The maximum atomic E-state index is 11.3. The number of benzene rings is 1. The largest absolute Gasteiger partial charge is 0.502 e. The quantitative estimate of drug-likeness (QED) is 0.942. The van der Waals surface area contributed by atoms with E-state index in [1.807, 2.05) is 18.2 Å². The van der Waals surface area contributed by atoms with Crippen molar-refractivity contribution in [1.82, 2.24) is 0 Å². The van der Waals surface area contributed by atoms with Crippen LogP contribution in [0.25, 0.3) is 12.2 Å². The molecule has 1 fully saturated rings. The van der Waals surface area contributed by atoms with E-state index >= 15 is 0 Å². The molecule has 0 aliphatic carbocycles. The Morgan fingerprint density at radius 1 is 1.00 bits per heavy atom. The van der Waals surface area contributed by atoms with Gasteiger partial charge >= 0.3 is 0 Å². The fourth-order valence-corrected chi connectivity index (χ4v) is 2.66. The average Bonchev–Trinajstić information content (AvgIpc) is 2.57. The number of nitrogens with zero attached hydrogens (tertiary/aromatic N) is 1. The molecule has 1 saturated heterocycles. The monoisotopic (exact) mass is 297 g/mol. The van der Waals surface area contributed by atoms with Crippen LogP contribution in [0.15, 0.2) is 45.8 Å². The van der Waals surface area contributed by atoms with E-state index in [1.165, 1.54) is 37.3 Å². The van der Waals surface area contributed by atoms with Gasteiger partial charge in [0.1, 0.15) is 0 Å². The summed E-state index contributed by atoms with van der Waals surface area (Å²) in [4.78, 5) is 13.7. The molecule has 0 unspecified atom stereocenters. The third-order valence-electron chi connectivity index (χ3n) is 3.92. The van der Waals surface area contributed by atoms with E-state index in [-0.39, 0.29) is 11.5 Å². The maximum absolute atomic E-state index is 11.3. The fourth-order valence-electron chi connectivity index (χ4n) is 2.66. The van der Waals surface area contributed by atoms with Gasteiger partial charge < -0.3 is 14.4 Å². The second kappa shape index (κ2) is 6.52. The summed E-state index contributed by atoms with van der Waals surface area (Å²) in [7, 11) is 0. The Morgan fingerprint density at radius 2 is 1.73 bits per heavy atom. The Labute approximate surface area is 129 Å². The minimum Gasteiger partial charge on any atom is -0.502 e. The summed E-state index contributed by atoms with van der Waals surface area (Å²) in [6.07, 6.45) is 8.54. The van der Waals surface area contributed by atoms with E-state index in [0.29, 0.717) is 0 Å². The molecule has 0 atom stereocenters. The Bertz CT molecular complexity index is 710. The van der Waals surface area contributed by atoms with Crippen LogP contribution in [0, 0.1) is 0 Å². The number of anilines is 1. The summed E-state index contributed by atoms with van der Waals surface area (Å²) in [5.74, 6) is -0.184. The lowest BCUT2D eigenvalue weighted by Crippen LogP contribution is -2.29. The fraction of sp³-hybridized carbons (Fsp3) is 0.278. The molecule has 1 aliphatic heterocycles. The van der Waals surface area contributed by atoms with E-state index in [1.54, 1.807) is 6.08 Å². The molecule has 3 rings (SSSR count). The van der Waals surface area contributed by atoms with Gasteiger partial charge in [0.2, 0.25) is 11.2 Å². The molecule has 2 aromatic rings. The predicted octanol–water partition coefficient (Wildman–Crippen LogP) is 3.51. The third kappa shape index (κ3) is 3.22. The molecular weight excluding hydrogens is 278 g/mol. The maximum Gasteiger partial charge on any atom is 0.227 e. The molecule has 4 heteroatoms. The van der Waals surface area contributed by atoms with Crippen LogP contribution in [-0.4, -0.2) is 18.2 Å². The van der Waals surface area contributed by atoms with Crippen LogP contribution >= 0.6 is 0 Å². The van der Waals surface area contributed by atoms with Gasteiger partial charge in [-0.2, -0.15) is 0 Å². The first-order chi connectivity index (χ1) is 10.7. The molecule has 0 bridgehead atoms. The van der Waals surface area contributed by atoms with Crippen molar-refractivity contribution in [3.8, 4) is 5.75 Å². The summed E-state index contributed by atoms with van der Waals surface area (Å²) in [6, 6.07) is 9.45. The molecule has 4 nitrogen and oxygen atoms in total. The standard InChI is InChI=1S/C18H19NO3/c20-16-10-13-22-17(18(16)21)9-6-14-4-7-15(8-5-14)19-11-2-1-3-12-19/h4-10,13,21H,1-3,11-12H2/b9-6+. The Kier molecular flexibility index (Phi) is 4.28. The van der Waals surface area contributed by atoms with Crippen molar-refractivity contribution in [3.63, 3.8) is 0 Å². The number of rotatable bonds is 3. The SMILES string of the molecule is O=c1ccoc(/C=C/c2ccc(N3CCCCC3)cc2)c1O. The lowest BCUT2D eigenvalue weighted by molar-refractivity contribution is 0.424. The van der Waals surface area contributed by atoms with Crippen LogP contribution in [0.2, 0.25) is 0 Å². The highest BCUT2D eigenvalue weighted by Gasteiger charge is 2.10. The highest BCUT2D eigenvalue weighted by Crippen LogP contribution is 2.21. The Morgan fingerprint density at radius 3 is 2.45 bits per heavy atom. The molecule has 22 heavy (non-hydrogen) atoms. The molecule has 1 aliphatic rings. The van der Waals surface area contributed by atoms with Gasteiger partial charge in [-0.15, -0.1) is 0 Å². The molecule has 114 valence electrons. The number of hydrogen-bond acceptors (Lipinski definition) is 4. The van der Waals surface area contributed by atoms with Gasteiger partial charge in [0.25, 0.3) is 0 Å². The van der Waals surface area contributed by atoms with Gasteiger partial charge in [-0.1, -0.05) is 18.2 Å². The Balaban J connectivity index is 1.74. The zero-order chi connectivity index (χ0) is 15.4. The van der Waals surface area contributed by atoms with E-state index in [9.17, 15) is 9.90 Å². The van der Waals surface area contributed by atoms with E-state index in [2.05, 4.69) is 17.0 Å². The summed E-state index contributed by atoms with van der Waals surface area (Å²) in [6.45, 7) is 2.25. The summed E-state index contributed by atoms with van der Waals surface area (Å²) in [5.41, 5.74) is 1.80. The topological polar surface area (TPSA) is 53.7 Å². The lowest BCUT2D eigenvalue weighted by Gasteiger charge is -2.28. The normalized spacial score (nSPS) is 15.4. The van der Waals surface area contributed by atoms with Gasteiger partial charge in [-0.25, -0.2) is 0 Å². The first kappa shape index (κ1) is 14.4. The summed E-state index contributed by atoms with van der Waals surface area (Å²) < 4.78 is 5.13. The molecule has 1 aromatic heterocycles. The molecule has 1 aromatic carbocycles. The van der Waals surface area contributed by atoms with Gasteiger partial charge in [0.05, 0.1) is 6.26 Å². The van der Waals surface area contributed by atoms with Crippen molar-refractivity contribution in [2.75, 3.05) is 18.0 Å². The molecule has 0 amide bonds. The second-order valence-electron chi connectivity index (χ2n) is 5.47. The van der Waals surface area contributed by atoms with Crippen LogP contribution in [0.3, 0.4) is 0 Å². The van der Waals surface area contributed by atoms with Gasteiger partial charge in [0.15, 0.2) is 5.76 Å². The molecule has 0 saturated carbocycles. The van der Waals surface area contributed by atoms with Gasteiger partial charge in [0, 0.05) is 24.8 Å². The Hall–Kier alpha value is -2.49. The van der Waals surface area contributed by atoms with E-state index in [4.69, 9.17) is 4.42 Å². The van der Waals surface area contributed by atoms with Crippen molar-refractivity contribution in [2.24, 2.45) is 0 Å². The van der Waals surface area contributed by atoms with Crippen molar-refractivity contribution in [3.05, 3.63) is 58.1 Å². The smallest absolute Gasteiger partial charge is 0.227 e. The lowest BCUT2D eigenvalue weighted by atomic mass is 10.1. The molecule has 2 heterocycles. The highest BCUT2D eigenvalue weighted by atomic mass is 16.4. The summed E-state index contributed by atoms with van der Waals surface area (Å²) >= 11 is 0. The second-order valence-corrected chi connectivity index (χ2v) is 5.47. The number of hydrogen-bond donors (Lipinski definition) is 1. The first-order valence-corrected chi connectivity index (χ1v) is 7.58. The van der Waals surface area contributed by atoms with Crippen molar-refractivity contribution >= 4 is 17.8 Å². The van der Waals surface area contributed by atoms with Crippen molar-refractivity contribution in [1.29, 1.82) is 0 Å². The van der Waals surface area contributed by atoms with Crippen LogP contribution in [0.5, 0.6) is 5.75 Å². The highest BCUT2D eigenvalue weighted by molar-refractivity contribution is 5.70. The van der Waals surface area contributed by atoms with Crippen LogP contribution < -0.4 is 10.3 Å². The zero-order valence-electron chi connectivity index (χ0n) is 12.4. The first-order valence-electron chi connectivity index (χ1n) is 7.58. The predicted molar refractivity (Wildman–Crippen MR) is 88.1 cm³/mol. The van der Waals surface area contributed by atoms with E-state index in [0.717, 1.165) is 18.7 Å². The van der Waals surface area contributed by atoms with Crippen LogP contribution in [0.4, 0.5) is 5.69 Å². The minimum atomic E-state index is -0.439. The van der Waals surface area contributed by atoms with Crippen molar-refractivity contribution < 1.29 is 9.52 Å². The molecule has 0 radical (unpaired) electrons. The minimum absolute atomic E-state index is 0.174. The van der Waals surface area contributed by atoms with Gasteiger partial charge in [-0.3, -0.25) is 4.79 Å². The van der Waals surface area contributed by atoms with Crippen LogP contribution in [-0.2, 0) is 0 Å². The third-order valence-corrected chi connectivity index (χ3v) is 3.92. The number of aromatic hydroxyl groups is 1. The molecule has 0 spiro atoms. The number of piperidine rings is 1. The summed E-state index contributed by atoms with van der Waals surface area (Å²) in [5, 5.41) is 9.63. The van der Waals surface area contributed by atoms with Gasteiger partial charge in [-0.05, 0) is 43.0 Å². The van der Waals surface area contributed by atoms with E-state index < -0.39 is 5.43 Å². The van der Waals surface area contributed by atoms with Crippen molar-refractivity contribution in [2.45, 2.75) is 19.3 Å². The molecule has 1 N–H and O–H groups in total.